The molecule has 5 unspecified atom stereocenters. The van der Waals surface area contributed by atoms with E-state index in [4.69, 9.17) is 0 Å². The zero-order chi connectivity index (χ0) is 15.8. The number of likely N-dealkylation sites (tertiary alicyclic amines) is 1. The molecule has 4 nitrogen and oxygen atoms in total. The summed E-state index contributed by atoms with van der Waals surface area (Å²) in [5, 5.41) is 4.60. The summed E-state index contributed by atoms with van der Waals surface area (Å²) < 4.78 is 0. The first-order valence-corrected chi connectivity index (χ1v) is 9.74. The van der Waals surface area contributed by atoms with Crippen LogP contribution < -0.4 is 5.43 Å². The highest BCUT2D eigenvalue weighted by molar-refractivity contribution is 5.82. The van der Waals surface area contributed by atoms with Crippen molar-refractivity contribution in [1.82, 2.24) is 10.3 Å². The maximum absolute atomic E-state index is 11.8. The molecule has 0 radical (unpaired) electrons. The van der Waals surface area contributed by atoms with Gasteiger partial charge in [0.15, 0.2) is 0 Å². The summed E-state index contributed by atoms with van der Waals surface area (Å²) in [6.45, 7) is 0. The fourth-order valence-electron chi connectivity index (χ4n) is 5.81. The van der Waals surface area contributed by atoms with Gasteiger partial charge in [0.05, 0.1) is 0 Å². The van der Waals surface area contributed by atoms with E-state index in [1.165, 1.54) is 51.4 Å². The van der Waals surface area contributed by atoms with Crippen LogP contribution in [0.3, 0.4) is 0 Å². The molecule has 4 rings (SSSR count). The van der Waals surface area contributed by atoms with E-state index < -0.39 is 0 Å². The second kappa shape index (κ2) is 6.54. The molecule has 128 valence electrons. The van der Waals surface area contributed by atoms with Crippen LogP contribution in [0, 0.1) is 17.8 Å². The van der Waals surface area contributed by atoms with Gasteiger partial charge in [0.1, 0.15) is 5.78 Å². The molecule has 0 spiro atoms. The molecule has 4 aliphatic rings. The van der Waals surface area contributed by atoms with Gasteiger partial charge >= 0.3 is 0 Å². The van der Waals surface area contributed by atoms with Crippen molar-refractivity contribution in [3.63, 3.8) is 0 Å². The number of nitrogens with one attached hydrogen (secondary N) is 1. The van der Waals surface area contributed by atoms with Gasteiger partial charge in [0, 0.05) is 37.2 Å². The van der Waals surface area contributed by atoms with Gasteiger partial charge in [0.2, 0.25) is 0 Å². The van der Waals surface area contributed by atoms with Crippen molar-refractivity contribution >= 4 is 12.0 Å². The fraction of sp³-hybridized carbons (Fsp3) is 0.895. The van der Waals surface area contributed by atoms with Crippen molar-refractivity contribution < 1.29 is 4.79 Å². The van der Waals surface area contributed by atoms with Crippen molar-refractivity contribution in [2.75, 3.05) is 7.05 Å². The molecule has 0 bridgehead atoms. The van der Waals surface area contributed by atoms with Crippen molar-refractivity contribution in [3.8, 4) is 0 Å². The molecule has 5 atom stereocenters. The van der Waals surface area contributed by atoms with E-state index in [-0.39, 0.29) is 0 Å². The lowest BCUT2D eigenvalue weighted by Gasteiger charge is -2.34. The second-order valence-corrected chi connectivity index (χ2v) is 8.39. The van der Waals surface area contributed by atoms with Crippen LogP contribution in [0.2, 0.25) is 0 Å². The molecule has 1 aliphatic heterocycles. The molecule has 1 heterocycles. The zero-order valence-electron chi connectivity index (χ0n) is 14.4. The predicted octanol–water partition coefficient (Wildman–Crippen LogP) is 2.97. The average Bonchev–Trinajstić information content (AvgIpc) is 3.06. The maximum atomic E-state index is 11.8. The molecule has 23 heavy (non-hydrogen) atoms. The molecule has 4 heteroatoms. The molecule has 3 saturated carbocycles. The lowest BCUT2D eigenvalue weighted by atomic mass is 9.74. The van der Waals surface area contributed by atoms with Gasteiger partial charge in [0.25, 0.3) is 0 Å². The molecule has 4 fully saturated rings. The number of hydrogen-bond acceptors (Lipinski definition) is 4. The van der Waals surface area contributed by atoms with E-state index in [1.54, 1.807) is 0 Å². The minimum absolute atomic E-state index is 0.486. The van der Waals surface area contributed by atoms with Gasteiger partial charge in [-0.15, -0.1) is 0 Å². The van der Waals surface area contributed by atoms with E-state index in [0.717, 1.165) is 18.8 Å². The molecule has 0 aromatic heterocycles. The second-order valence-electron chi connectivity index (χ2n) is 8.39. The number of rotatable bonds is 3. The Morgan fingerprint density at radius 2 is 1.87 bits per heavy atom. The number of carbonyl (C=O) groups excluding carboxylic acids is 1. The van der Waals surface area contributed by atoms with Gasteiger partial charge in [-0.1, -0.05) is 19.3 Å². The lowest BCUT2D eigenvalue weighted by Crippen LogP contribution is -2.38. The largest absolute Gasteiger partial charge is 0.307 e. The molecular weight excluding hydrogens is 286 g/mol. The van der Waals surface area contributed by atoms with Crippen LogP contribution in [0.15, 0.2) is 5.10 Å². The number of Topliss-reactive ketones (excluding diaryl/α,β-unsaturated/α-hetero) is 1. The minimum atomic E-state index is 0.486. The van der Waals surface area contributed by atoms with Crippen LogP contribution in [0.1, 0.15) is 64.2 Å². The van der Waals surface area contributed by atoms with E-state index in [9.17, 15) is 4.79 Å². The number of hydrogen-bond donors (Lipinski definition) is 1. The van der Waals surface area contributed by atoms with Gasteiger partial charge in [-0.05, 0) is 56.9 Å². The Hall–Kier alpha value is -0.900. The Balaban J connectivity index is 1.33. The summed E-state index contributed by atoms with van der Waals surface area (Å²) in [7, 11) is 2.25. The Morgan fingerprint density at radius 1 is 1.04 bits per heavy atom. The van der Waals surface area contributed by atoms with Crippen LogP contribution in [0.4, 0.5) is 0 Å². The van der Waals surface area contributed by atoms with E-state index in [0.29, 0.717) is 35.7 Å². The number of carbonyl (C=O) groups is 1. The maximum Gasteiger partial charge on any atom is 0.134 e. The summed E-state index contributed by atoms with van der Waals surface area (Å²) in [6, 6.07) is 1.85. The number of fused-ring (bicyclic) bond motifs is 3. The third-order valence-corrected chi connectivity index (χ3v) is 7.04. The summed E-state index contributed by atoms with van der Waals surface area (Å²) in [5.74, 6) is 2.44. The number of nitrogens with zero attached hydrogens (tertiary/aromatic N) is 2. The first-order chi connectivity index (χ1) is 11.2. The van der Waals surface area contributed by atoms with Crippen molar-refractivity contribution in [2.24, 2.45) is 22.9 Å². The number of hydrazone groups is 1. The summed E-state index contributed by atoms with van der Waals surface area (Å²) >= 11 is 0. The van der Waals surface area contributed by atoms with E-state index in [1.807, 2.05) is 0 Å². The first kappa shape index (κ1) is 15.6. The lowest BCUT2D eigenvalue weighted by molar-refractivity contribution is -0.118. The van der Waals surface area contributed by atoms with Gasteiger partial charge < -0.3 is 5.43 Å². The molecule has 0 aromatic carbocycles. The highest BCUT2D eigenvalue weighted by Crippen LogP contribution is 2.49. The summed E-state index contributed by atoms with van der Waals surface area (Å²) in [5.41, 5.74) is 3.40. The molecule has 0 amide bonds. The van der Waals surface area contributed by atoms with Crippen LogP contribution in [-0.4, -0.2) is 42.1 Å². The summed E-state index contributed by atoms with van der Waals surface area (Å²) in [4.78, 5) is 14.4. The van der Waals surface area contributed by atoms with Crippen LogP contribution in [0.5, 0.6) is 0 Å². The molecule has 1 saturated heterocycles. The average molecular weight is 317 g/mol. The van der Waals surface area contributed by atoms with Crippen molar-refractivity contribution in [3.05, 3.63) is 0 Å². The van der Waals surface area contributed by atoms with Crippen LogP contribution >= 0.6 is 0 Å². The Bertz CT molecular complexity index is 471. The van der Waals surface area contributed by atoms with Gasteiger partial charge in [-0.3, -0.25) is 9.69 Å². The molecule has 1 N–H and O–H groups in total. The third-order valence-electron chi connectivity index (χ3n) is 7.04. The Morgan fingerprint density at radius 3 is 2.70 bits per heavy atom. The van der Waals surface area contributed by atoms with E-state index >= 15 is 0 Å². The normalized spacial score (nSPS) is 42.1. The van der Waals surface area contributed by atoms with Crippen molar-refractivity contribution in [2.45, 2.75) is 82.3 Å². The predicted molar refractivity (Wildman–Crippen MR) is 92.4 cm³/mol. The highest BCUT2D eigenvalue weighted by Gasteiger charge is 2.52. The third kappa shape index (κ3) is 3.07. The fourth-order valence-corrected chi connectivity index (χ4v) is 5.81. The smallest absolute Gasteiger partial charge is 0.134 e. The quantitative estimate of drug-likeness (QED) is 0.643. The molecular formula is C19H31N3O. The first-order valence-electron chi connectivity index (χ1n) is 9.74. The standard InChI is InChI=1S/C19H31N3O/c1-22-18-8-7-13(12-20-21-14-5-3-2-4-6-14)9-16(18)17-10-15(23)11-19(17)22/h12-14,16-19,21H,2-11H2,1H3/b20-12+. The SMILES string of the molecule is CN1C2CCC(/C=N/NC3CCCCC3)CC2C2CC(=O)CC21. The molecule has 3 aliphatic carbocycles. The number of ketones is 1. The summed E-state index contributed by atoms with van der Waals surface area (Å²) in [6.07, 6.45) is 14.3. The monoisotopic (exact) mass is 317 g/mol. The van der Waals surface area contributed by atoms with Crippen LogP contribution in [-0.2, 0) is 4.79 Å². The Kier molecular flexibility index (Phi) is 4.44. The van der Waals surface area contributed by atoms with Gasteiger partial charge in [-0.2, -0.15) is 5.10 Å². The Labute approximate surface area is 140 Å². The highest BCUT2D eigenvalue weighted by atomic mass is 16.1. The van der Waals surface area contributed by atoms with Gasteiger partial charge in [-0.25, -0.2) is 0 Å². The van der Waals surface area contributed by atoms with Crippen molar-refractivity contribution in [1.29, 1.82) is 0 Å². The van der Waals surface area contributed by atoms with Crippen LogP contribution in [0.25, 0.3) is 0 Å². The van der Waals surface area contributed by atoms with E-state index in [2.05, 4.69) is 28.7 Å². The zero-order valence-corrected chi connectivity index (χ0v) is 14.4. The topological polar surface area (TPSA) is 44.7 Å². The minimum Gasteiger partial charge on any atom is -0.307 e. The molecule has 0 aromatic rings.